The van der Waals surface area contributed by atoms with Crippen LogP contribution < -0.4 is 5.32 Å². The summed E-state index contributed by atoms with van der Waals surface area (Å²) in [7, 11) is 1.60. The molecule has 16 heavy (non-hydrogen) atoms. The molecule has 0 aliphatic carbocycles. The van der Waals surface area contributed by atoms with Gasteiger partial charge in [0.1, 0.15) is 0 Å². The molecule has 0 bridgehead atoms. The minimum Gasteiger partial charge on any atom is -0.480 e. The van der Waals surface area contributed by atoms with Gasteiger partial charge in [-0.15, -0.1) is 0 Å². The van der Waals surface area contributed by atoms with Gasteiger partial charge in [0.15, 0.2) is 6.04 Å². The fourth-order valence-electron chi connectivity index (χ4n) is 1.25. The third kappa shape index (κ3) is 4.48. The summed E-state index contributed by atoms with van der Waals surface area (Å²) in [6, 6.07) is -1.69. The van der Waals surface area contributed by atoms with Gasteiger partial charge < -0.3 is 20.4 Å². The van der Waals surface area contributed by atoms with E-state index >= 15 is 0 Å². The van der Waals surface area contributed by atoms with Gasteiger partial charge in [-0.2, -0.15) is 0 Å². The standard InChI is InChI=1S/C10H20N2O4/c1-4-5-7(2)12(3)10(16)11-8(6-13)9(14)15/h7-8,13H,4-6H2,1-3H3,(H,11,16)(H,14,15)/t7?,8-/m1/s1. The fraction of sp³-hybridized carbons (Fsp3) is 0.800. The third-order valence-electron chi connectivity index (χ3n) is 2.47. The largest absolute Gasteiger partial charge is 0.480 e. The van der Waals surface area contributed by atoms with E-state index in [-0.39, 0.29) is 6.04 Å². The van der Waals surface area contributed by atoms with Crippen molar-refractivity contribution in [2.45, 2.75) is 38.8 Å². The second kappa shape index (κ2) is 7.05. The number of aliphatic hydroxyl groups excluding tert-OH is 1. The van der Waals surface area contributed by atoms with Gasteiger partial charge in [0.2, 0.25) is 0 Å². The molecule has 0 heterocycles. The number of carboxylic acid groups (broad SMARTS) is 1. The Morgan fingerprint density at radius 1 is 1.44 bits per heavy atom. The number of carboxylic acids is 1. The molecule has 3 N–H and O–H groups in total. The van der Waals surface area contributed by atoms with E-state index in [2.05, 4.69) is 5.32 Å². The number of rotatable bonds is 6. The maximum absolute atomic E-state index is 11.6. The van der Waals surface area contributed by atoms with Crippen LogP contribution in [0.3, 0.4) is 0 Å². The van der Waals surface area contributed by atoms with E-state index < -0.39 is 24.6 Å². The quantitative estimate of drug-likeness (QED) is 0.613. The lowest BCUT2D eigenvalue weighted by atomic mass is 10.2. The number of hydrogen-bond donors (Lipinski definition) is 3. The lowest BCUT2D eigenvalue weighted by molar-refractivity contribution is -0.140. The molecule has 0 saturated carbocycles. The normalized spacial score (nSPS) is 14.0. The monoisotopic (exact) mass is 232 g/mol. The molecule has 0 rings (SSSR count). The molecule has 0 saturated heterocycles. The maximum atomic E-state index is 11.6. The molecule has 6 heteroatoms. The summed E-state index contributed by atoms with van der Waals surface area (Å²) >= 11 is 0. The molecule has 0 aromatic carbocycles. The number of hydrogen-bond acceptors (Lipinski definition) is 3. The van der Waals surface area contributed by atoms with Crippen molar-refractivity contribution in [1.29, 1.82) is 0 Å². The minimum absolute atomic E-state index is 0.0399. The topological polar surface area (TPSA) is 89.9 Å². The zero-order valence-corrected chi connectivity index (χ0v) is 9.93. The van der Waals surface area contributed by atoms with E-state index in [0.717, 1.165) is 12.8 Å². The number of nitrogens with one attached hydrogen (secondary N) is 1. The highest BCUT2D eigenvalue weighted by atomic mass is 16.4. The highest BCUT2D eigenvalue weighted by molar-refractivity contribution is 5.82. The first-order chi connectivity index (χ1) is 7.43. The summed E-state index contributed by atoms with van der Waals surface area (Å²) in [4.78, 5) is 23.6. The minimum atomic E-state index is -1.25. The summed E-state index contributed by atoms with van der Waals surface area (Å²) in [5.74, 6) is -1.24. The van der Waals surface area contributed by atoms with Gasteiger partial charge in [-0.3, -0.25) is 0 Å². The predicted molar refractivity (Wildman–Crippen MR) is 59.2 cm³/mol. The molecule has 2 atom stereocenters. The molecular weight excluding hydrogens is 212 g/mol. The Morgan fingerprint density at radius 3 is 2.38 bits per heavy atom. The van der Waals surface area contributed by atoms with Crippen molar-refractivity contribution in [2.75, 3.05) is 13.7 Å². The zero-order chi connectivity index (χ0) is 12.7. The molecule has 0 aromatic rings. The smallest absolute Gasteiger partial charge is 0.328 e. The molecule has 0 fully saturated rings. The first-order valence-electron chi connectivity index (χ1n) is 5.31. The molecule has 2 amide bonds. The van der Waals surface area contributed by atoms with Gasteiger partial charge in [0, 0.05) is 13.1 Å². The Bertz CT molecular complexity index is 245. The van der Waals surface area contributed by atoms with Gasteiger partial charge >= 0.3 is 12.0 Å². The summed E-state index contributed by atoms with van der Waals surface area (Å²) in [6.45, 7) is 3.28. The van der Waals surface area contributed by atoms with E-state index in [0.29, 0.717) is 0 Å². The average molecular weight is 232 g/mol. The zero-order valence-electron chi connectivity index (χ0n) is 9.93. The van der Waals surface area contributed by atoms with Gasteiger partial charge in [-0.05, 0) is 13.3 Å². The first-order valence-corrected chi connectivity index (χ1v) is 5.31. The van der Waals surface area contributed by atoms with Crippen LogP contribution in [0, 0.1) is 0 Å². The lowest BCUT2D eigenvalue weighted by Crippen LogP contribution is -2.50. The summed E-state index contributed by atoms with van der Waals surface area (Å²) in [6.07, 6.45) is 1.79. The van der Waals surface area contributed by atoms with Crippen LogP contribution in [0.1, 0.15) is 26.7 Å². The molecule has 1 unspecified atom stereocenters. The number of carbonyl (C=O) groups excluding carboxylic acids is 1. The highest BCUT2D eigenvalue weighted by Gasteiger charge is 2.22. The van der Waals surface area contributed by atoms with Crippen molar-refractivity contribution in [3.05, 3.63) is 0 Å². The van der Waals surface area contributed by atoms with Crippen LogP contribution in [-0.2, 0) is 4.79 Å². The predicted octanol–water partition coefficient (Wildman–Crippen LogP) is 0.262. The second-order valence-electron chi connectivity index (χ2n) is 3.77. The van der Waals surface area contributed by atoms with Gasteiger partial charge in [-0.1, -0.05) is 13.3 Å². The van der Waals surface area contributed by atoms with E-state index in [1.165, 1.54) is 4.90 Å². The molecule has 0 aliphatic heterocycles. The number of aliphatic hydroxyl groups is 1. The molecule has 0 aliphatic rings. The number of carbonyl (C=O) groups is 2. The maximum Gasteiger partial charge on any atom is 0.328 e. The van der Waals surface area contributed by atoms with Crippen molar-refractivity contribution in [1.82, 2.24) is 10.2 Å². The van der Waals surface area contributed by atoms with Crippen molar-refractivity contribution >= 4 is 12.0 Å². The molecule has 94 valence electrons. The van der Waals surface area contributed by atoms with E-state index in [4.69, 9.17) is 10.2 Å². The summed E-state index contributed by atoms with van der Waals surface area (Å²) in [5.41, 5.74) is 0. The fourth-order valence-corrected chi connectivity index (χ4v) is 1.25. The highest BCUT2D eigenvalue weighted by Crippen LogP contribution is 2.04. The van der Waals surface area contributed by atoms with Crippen molar-refractivity contribution in [2.24, 2.45) is 0 Å². The van der Waals surface area contributed by atoms with Crippen molar-refractivity contribution < 1.29 is 19.8 Å². The van der Waals surface area contributed by atoms with Crippen LogP contribution >= 0.6 is 0 Å². The number of amides is 2. The molecule has 0 radical (unpaired) electrons. The Kier molecular flexibility index (Phi) is 6.48. The number of aliphatic carboxylic acids is 1. The average Bonchev–Trinajstić information content (AvgIpc) is 2.24. The van der Waals surface area contributed by atoms with Crippen LogP contribution in [0.5, 0.6) is 0 Å². The molecule has 6 nitrogen and oxygen atoms in total. The van der Waals surface area contributed by atoms with Crippen LogP contribution in [0.25, 0.3) is 0 Å². The van der Waals surface area contributed by atoms with Gasteiger partial charge in [0.05, 0.1) is 6.61 Å². The Labute approximate surface area is 95.2 Å². The summed E-state index contributed by atoms with van der Waals surface area (Å²) < 4.78 is 0. The second-order valence-corrected chi connectivity index (χ2v) is 3.77. The first kappa shape index (κ1) is 14.7. The van der Waals surface area contributed by atoms with E-state index in [1.807, 2.05) is 13.8 Å². The molecular formula is C10H20N2O4. The van der Waals surface area contributed by atoms with Crippen LogP contribution in [0.2, 0.25) is 0 Å². The Balaban J connectivity index is 4.28. The van der Waals surface area contributed by atoms with Gasteiger partial charge in [0.25, 0.3) is 0 Å². The van der Waals surface area contributed by atoms with Crippen LogP contribution in [0.4, 0.5) is 4.79 Å². The molecule has 0 aromatic heterocycles. The lowest BCUT2D eigenvalue weighted by Gasteiger charge is -2.26. The van der Waals surface area contributed by atoms with Crippen LogP contribution in [-0.4, -0.2) is 52.9 Å². The summed E-state index contributed by atoms with van der Waals surface area (Å²) in [5, 5.41) is 19.7. The Hall–Kier alpha value is -1.30. The van der Waals surface area contributed by atoms with E-state index in [9.17, 15) is 9.59 Å². The van der Waals surface area contributed by atoms with Crippen LogP contribution in [0.15, 0.2) is 0 Å². The van der Waals surface area contributed by atoms with Crippen molar-refractivity contribution in [3.63, 3.8) is 0 Å². The third-order valence-corrected chi connectivity index (χ3v) is 2.47. The van der Waals surface area contributed by atoms with Gasteiger partial charge in [-0.25, -0.2) is 9.59 Å². The van der Waals surface area contributed by atoms with E-state index in [1.54, 1.807) is 7.05 Å². The Morgan fingerprint density at radius 2 is 2.00 bits per heavy atom. The SMILES string of the molecule is CCCC(C)N(C)C(=O)N[C@H](CO)C(=O)O. The number of nitrogens with zero attached hydrogens (tertiary/aromatic N) is 1. The number of urea groups is 1. The molecule has 0 spiro atoms. The van der Waals surface area contributed by atoms with Crippen molar-refractivity contribution in [3.8, 4) is 0 Å².